The molecule has 0 bridgehead atoms. The standard InChI is InChI=1S/C20H25N7OS/c1-15-5-4-6-16(9-15)11-26-12-17(10-21-26)22-20(28)14-29-13-19-23-24-25-27(19)18-7-2-3-8-18/h4-6,9-10,12,18H,2-3,7-8,11,13-14H2,1H3,(H,22,28). The first-order valence-electron chi connectivity index (χ1n) is 9.90. The van der Waals surface area contributed by atoms with Gasteiger partial charge in [-0.1, -0.05) is 42.7 Å². The van der Waals surface area contributed by atoms with Gasteiger partial charge in [0, 0.05) is 6.20 Å². The van der Waals surface area contributed by atoms with Gasteiger partial charge in [0.05, 0.1) is 36.0 Å². The zero-order chi connectivity index (χ0) is 20.1. The maximum Gasteiger partial charge on any atom is 0.234 e. The lowest BCUT2D eigenvalue weighted by atomic mass is 10.1. The Hall–Kier alpha value is -2.68. The Balaban J connectivity index is 1.24. The lowest BCUT2D eigenvalue weighted by Gasteiger charge is -2.10. The van der Waals surface area contributed by atoms with Gasteiger partial charge in [0.25, 0.3) is 0 Å². The molecule has 152 valence electrons. The number of carbonyl (C=O) groups excluding carboxylic acids is 1. The number of aromatic nitrogens is 6. The van der Waals surface area contributed by atoms with Crippen LogP contribution in [0.15, 0.2) is 36.7 Å². The number of nitrogens with one attached hydrogen (secondary N) is 1. The molecule has 2 aromatic heterocycles. The Kier molecular flexibility index (Phi) is 6.24. The van der Waals surface area contributed by atoms with Gasteiger partial charge in [-0.3, -0.25) is 9.48 Å². The molecule has 0 spiro atoms. The number of carbonyl (C=O) groups is 1. The molecule has 0 unspecified atom stereocenters. The summed E-state index contributed by atoms with van der Waals surface area (Å²) in [4.78, 5) is 12.3. The molecule has 8 nitrogen and oxygen atoms in total. The number of benzene rings is 1. The molecule has 2 heterocycles. The van der Waals surface area contributed by atoms with Gasteiger partial charge in [0.1, 0.15) is 0 Å². The van der Waals surface area contributed by atoms with Crippen LogP contribution in [0.3, 0.4) is 0 Å². The van der Waals surface area contributed by atoms with Crippen LogP contribution >= 0.6 is 11.8 Å². The number of tetrazole rings is 1. The second-order valence-electron chi connectivity index (χ2n) is 7.43. The average Bonchev–Trinajstić information content (AvgIpc) is 3.43. The fourth-order valence-corrected chi connectivity index (χ4v) is 4.42. The van der Waals surface area contributed by atoms with Crippen molar-refractivity contribution in [3.63, 3.8) is 0 Å². The van der Waals surface area contributed by atoms with E-state index in [2.05, 4.69) is 51.1 Å². The van der Waals surface area contributed by atoms with E-state index in [1.807, 2.05) is 21.6 Å². The van der Waals surface area contributed by atoms with Crippen molar-refractivity contribution in [3.05, 3.63) is 53.6 Å². The quantitative estimate of drug-likeness (QED) is 0.612. The third kappa shape index (κ3) is 5.23. The summed E-state index contributed by atoms with van der Waals surface area (Å²) in [5, 5.41) is 19.3. The minimum atomic E-state index is -0.0509. The predicted molar refractivity (Wildman–Crippen MR) is 113 cm³/mol. The summed E-state index contributed by atoms with van der Waals surface area (Å²) < 4.78 is 3.76. The third-order valence-electron chi connectivity index (χ3n) is 5.04. The Labute approximate surface area is 174 Å². The Bertz CT molecular complexity index is 961. The third-order valence-corrected chi connectivity index (χ3v) is 5.97. The summed E-state index contributed by atoms with van der Waals surface area (Å²) >= 11 is 1.52. The summed E-state index contributed by atoms with van der Waals surface area (Å²) in [5.74, 6) is 1.77. The van der Waals surface area contributed by atoms with Gasteiger partial charge < -0.3 is 5.32 Å². The summed E-state index contributed by atoms with van der Waals surface area (Å²) in [7, 11) is 0. The SMILES string of the molecule is Cc1cccc(Cn2cc(NC(=O)CSCc3nnnn3C3CCCC3)cn2)c1. The molecule has 1 N–H and O–H groups in total. The minimum absolute atomic E-state index is 0.0509. The molecule has 1 amide bonds. The molecule has 4 rings (SSSR count). The van der Waals surface area contributed by atoms with Gasteiger partial charge in [-0.05, 0) is 35.8 Å². The van der Waals surface area contributed by atoms with E-state index in [0.29, 0.717) is 29.8 Å². The smallest absolute Gasteiger partial charge is 0.234 e. The van der Waals surface area contributed by atoms with Crippen molar-refractivity contribution in [2.45, 2.75) is 50.9 Å². The highest BCUT2D eigenvalue weighted by atomic mass is 32.2. The van der Waals surface area contributed by atoms with Gasteiger partial charge in [0.2, 0.25) is 5.91 Å². The van der Waals surface area contributed by atoms with Crippen LogP contribution in [0.5, 0.6) is 0 Å². The molecule has 0 saturated heterocycles. The molecular weight excluding hydrogens is 386 g/mol. The van der Waals surface area contributed by atoms with Crippen molar-refractivity contribution in [1.29, 1.82) is 0 Å². The summed E-state index contributed by atoms with van der Waals surface area (Å²) in [5.41, 5.74) is 3.11. The second kappa shape index (κ2) is 9.21. The number of rotatable bonds is 8. The molecule has 1 fully saturated rings. The first kappa shape index (κ1) is 19.6. The number of aryl methyl sites for hydroxylation is 1. The van der Waals surface area contributed by atoms with Gasteiger partial charge in [0.15, 0.2) is 5.82 Å². The monoisotopic (exact) mass is 411 g/mol. The maximum absolute atomic E-state index is 12.3. The Morgan fingerprint density at radius 2 is 2.17 bits per heavy atom. The number of anilines is 1. The predicted octanol–water partition coefficient (Wildman–Crippen LogP) is 3.21. The van der Waals surface area contributed by atoms with Gasteiger partial charge >= 0.3 is 0 Å². The van der Waals surface area contributed by atoms with E-state index in [1.165, 1.54) is 35.7 Å². The molecule has 3 aromatic rings. The lowest BCUT2D eigenvalue weighted by Crippen LogP contribution is -2.15. The maximum atomic E-state index is 12.3. The van der Waals surface area contributed by atoms with Crippen LogP contribution in [0.4, 0.5) is 5.69 Å². The van der Waals surface area contributed by atoms with E-state index in [4.69, 9.17) is 0 Å². The van der Waals surface area contributed by atoms with Gasteiger partial charge in [-0.2, -0.15) is 5.10 Å². The van der Waals surface area contributed by atoms with Crippen LogP contribution in [0, 0.1) is 6.92 Å². The molecule has 1 aliphatic rings. The number of hydrogen-bond donors (Lipinski definition) is 1. The molecule has 0 aliphatic heterocycles. The number of hydrogen-bond acceptors (Lipinski definition) is 6. The van der Waals surface area contributed by atoms with Gasteiger partial charge in [-0.25, -0.2) is 4.68 Å². The van der Waals surface area contributed by atoms with Crippen LogP contribution in [0.25, 0.3) is 0 Å². The van der Waals surface area contributed by atoms with Crippen molar-refractivity contribution in [2.75, 3.05) is 11.1 Å². The van der Waals surface area contributed by atoms with E-state index in [1.54, 1.807) is 6.20 Å². The first-order valence-corrected chi connectivity index (χ1v) is 11.1. The van der Waals surface area contributed by atoms with Crippen molar-refractivity contribution in [3.8, 4) is 0 Å². The van der Waals surface area contributed by atoms with Crippen molar-refractivity contribution < 1.29 is 4.79 Å². The fraction of sp³-hybridized carbons (Fsp3) is 0.450. The van der Waals surface area contributed by atoms with E-state index in [9.17, 15) is 4.79 Å². The Morgan fingerprint density at radius 1 is 1.31 bits per heavy atom. The van der Waals surface area contributed by atoms with Crippen molar-refractivity contribution >= 4 is 23.4 Å². The number of thioether (sulfide) groups is 1. The zero-order valence-corrected chi connectivity index (χ0v) is 17.3. The summed E-state index contributed by atoms with van der Waals surface area (Å²) in [6, 6.07) is 8.73. The molecule has 1 saturated carbocycles. The van der Waals surface area contributed by atoms with Crippen LogP contribution in [-0.2, 0) is 17.1 Å². The summed E-state index contributed by atoms with van der Waals surface area (Å²) in [6.07, 6.45) is 8.27. The highest BCUT2D eigenvalue weighted by Gasteiger charge is 2.21. The topological polar surface area (TPSA) is 90.5 Å². The van der Waals surface area contributed by atoms with E-state index in [0.717, 1.165) is 18.7 Å². The van der Waals surface area contributed by atoms with Crippen LogP contribution in [-0.4, -0.2) is 41.6 Å². The molecule has 29 heavy (non-hydrogen) atoms. The first-order chi connectivity index (χ1) is 14.2. The van der Waals surface area contributed by atoms with Crippen molar-refractivity contribution in [1.82, 2.24) is 30.0 Å². The minimum Gasteiger partial charge on any atom is -0.323 e. The van der Waals surface area contributed by atoms with E-state index < -0.39 is 0 Å². The molecule has 1 aromatic carbocycles. The highest BCUT2D eigenvalue weighted by molar-refractivity contribution is 7.99. The molecular formula is C20H25N7OS. The summed E-state index contributed by atoms with van der Waals surface area (Å²) in [6.45, 7) is 2.75. The molecule has 0 atom stereocenters. The van der Waals surface area contributed by atoms with Crippen LogP contribution in [0.1, 0.15) is 48.7 Å². The second-order valence-corrected chi connectivity index (χ2v) is 8.42. The average molecular weight is 412 g/mol. The zero-order valence-electron chi connectivity index (χ0n) is 16.5. The highest BCUT2D eigenvalue weighted by Crippen LogP contribution is 2.29. The van der Waals surface area contributed by atoms with Crippen molar-refractivity contribution in [2.24, 2.45) is 0 Å². The van der Waals surface area contributed by atoms with Crippen LogP contribution < -0.4 is 5.32 Å². The Morgan fingerprint density at radius 3 is 3.00 bits per heavy atom. The number of amides is 1. The molecule has 0 radical (unpaired) electrons. The van der Waals surface area contributed by atoms with Gasteiger partial charge in [-0.15, -0.1) is 16.9 Å². The molecule has 9 heteroatoms. The number of nitrogens with zero attached hydrogens (tertiary/aromatic N) is 6. The van der Waals surface area contributed by atoms with E-state index >= 15 is 0 Å². The molecule has 1 aliphatic carbocycles. The van der Waals surface area contributed by atoms with Crippen LogP contribution in [0.2, 0.25) is 0 Å². The fourth-order valence-electron chi connectivity index (χ4n) is 3.68. The lowest BCUT2D eigenvalue weighted by molar-refractivity contribution is -0.113. The largest absolute Gasteiger partial charge is 0.323 e. The van der Waals surface area contributed by atoms with E-state index in [-0.39, 0.29) is 5.91 Å². The normalized spacial score (nSPS) is 14.4.